The molecule has 5 heteroatoms. The van der Waals surface area contributed by atoms with Crippen molar-refractivity contribution < 1.29 is 14.6 Å². The number of aromatic nitrogens is 2. The van der Waals surface area contributed by atoms with Crippen LogP contribution in [0.3, 0.4) is 0 Å². The Bertz CT molecular complexity index is 800. The highest BCUT2D eigenvalue weighted by Crippen LogP contribution is 2.42. The molecule has 0 fully saturated rings. The zero-order valence-electron chi connectivity index (χ0n) is 12.6. The lowest BCUT2D eigenvalue weighted by atomic mass is 9.73. The summed E-state index contributed by atoms with van der Waals surface area (Å²) < 4.78 is 5.42. The Labute approximate surface area is 133 Å². The van der Waals surface area contributed by atoms with Gasteiger partial charge in [-0.15, -0.1) is 0 Å². The van der Waals surface area contributed by atoms with E-state index in [0.29, 0.717) is 22.7 Å². The summed E-state index contributed by atoms with van der Waals surface area (Å²) in [7, 11) is 1.53. The minimum absolute atomic E-state index is 0.334. The highest BCUT2D eigenvalue weighted by atomic mass is 16.5. The predicted octanol–water partition coefficient (Wildman–Crippen LogP) is 2.84. The van der Waals surface area contributed by atoms with Crippen LogP contribution >= 0.6 is 0 Å². The van der Waals surface area contributed by atoms with Gasteiger partial charge in [0, 0.05) is 18.0 Å². The Hall–Kier alpha value is -3.08. The molecule has 23 heavy (non-hydrogen) atoms. The molecule has 0 bridgehead atoms. The van der Waals surface area contributed by atoms with Crippen LogP contribution in [0.15, 0.2) is 67.0 Å². The van der Waals surface area contributed by atoms with Crippen LogP contribution < -0.4 is 4.74 Å². The van der Waals surface area contributed by atoms with Crippen LogP contribution in [0.1, 0.15) is 17.0 Å². The lowest BCUT2D eigenvalue weighted by Gasteiger charge is -2.30. The number of carbonyl (C=O) groups is 1. The Kier molecular flexibility index (Phi) is 3.85. The van der Waals surface area contributed by atoms with Gasteiger partial charge in [0.1, 0.15) is 11.6 Å². The van der Waals surface area contributed by atoms with E-state index in [9.17, 15) is 9.90 Å². The van der Waals surface area contributed by atoms with Gasteiger partial charge in [-0.25, -0.2) is 4.98 Å². The van der Waals surface area contributed by atoms with Gasteiger partial charge in [-0.05, 0) is 11.6 Å². The van der Waals surface area contributed by atoms with Crippen molar-refractivity contribution in [3.63, 3.8) is 0 Å². The van der Waals surface area contributed by atoms with Crippen molar-refractivity contribution in [2.45, 2.75) is 5.41 Å². The van der Waals surface area contributed by atoms with Crippen LogP contribution in [0, 0.1) is 0 Å². The van der Waals surface area contributed by atoms with Gasteiger partial charge in [-0.2, -0.15) is 0 Å². The number of H-pyrrole nitrogens is 1. The molecule has 1 unspecified atom stereocenters. The summed E-state index contributed by atoms with van der Waals surface area (Å²) in [6.45, 7) is 0. The topological polar surface area (TPSA) is 75.2 Å². The maximum absolute atomic E-state index is 12.5. The molecular formula is C18H16N2O3. The quantitative estimate of drug-likeness (QED) is 0.760. The van der Waals surface area contributed by atoms with Gasteiger partial charge in [0.15, 0.2) is 5.41 Å². The first-order chi connectivity index (χ1) is 11.2. The number of ether oxygens (including phenoxy) is 1. The minimum Gasteiger partial charge on any atom is -0.496 e. The number of carboxylic acid groups (broad SMARTS) is 1. The number of methoxy groups -OCH3 is 1. The molecule has 116 valence electrons. The number of hydrogen-bond donors (Lipinski definition) is 2. The Morgan fingerprint density at radius 3 is 2.43 bits per heavy atom. The van der Waals surface area contributed by atoms with Crippen LogP contribution in [0.5, 0.6) is 5.75 Å². The molecule has 0 saturated carbocycles. The molecule has 3 rings (SSSR count). The number of para-hydroxylation sites is 1. The van der Waals surface area contributed by atoms with Gasteiger partial charge in [0.25, 0.3) is 0 Å². The summed E-state index contributed by atoms with van der Waals surface area (Å²) in [6, 6.07) is 16.1. The molecule has 0 saturated heterocycles. The monoisotopic (exact) mass is 308 g/mol. The zero-order valence-corrected chi connectivity index (χ0v) is 12.6. The Balaban J connectivity index is 2.41. The van der Waals surface area contributed by atoms with Crippen molar-refractivity contribution in [2.75, 3.05) is 7.11 Å². The third kappa shape index (κ3) is 2.26. The van der Waals surface area contributed by atoms with Crippen LogP contribution in [0.25, 0.3) is 0 Å². The molecule has 0 aliphatic rings. The van der Waals surface area contributed by atoms with Crippen LogP contribution in [0.4, 0.5) is 0 Å². The fourth-order valence-corrected chi connectivity index (χ4v) is 2.87. The largest absolute Gasteiger partial charge is 0.496 e. The summed E-state index contributed by atoms with van der Waals surface area (Å²) in [6.07, 6.45) is 3.16. The van der Waals surface area contributed by atoms with E-state index in [1.165, 1.54) is 7.11 Å². The average molecular weight is 308 g/mol. The average Bonchev–Trinajstić information content (AvgIpc) is 3.11. The second-order valence-electron chi connectivity index (χ2n) is 5.06. The molecule has 2 aromatic carbocycles. The van der Waals surface area contributed by atoms with Crippen LogP contribution in [-0.4, -0.2) is 28.2 Å². The molecule has 0 radical (unpaired) electrons. The Morgan fingerprint density at radius 2 is 1.83 bits per heavy atom. The number of nitrogens with zero attached hydrogens (tertiary/aromatic N) is 1. The van der Waals surface area contributed by atoms with Crippen LogP contribution in [0.2, 0.25) is 0 Å². The molecule has 5 nitrogen and oxygen atoms in total. The highest BCUT2D eigenvalue weighted by Gasteiger charge is 2.48. The van der Waals surface area contributed by atoms with E-state index >= 15 is 0 Å². The molecule has 1 heterocycles. The lowest BCUT2D eigenvalue weighted by Crippen LogP contribution is -2.39. The molecule has 1 atom stereocenters. The first kappa shape index (κ1) is 14.8. The third-order valence-corrected chi connectivity index (χ3v) is 3.89. The van der Waals surface area contributed by atoms with Crippen molar-refractivity contribution in [3.05, 3.63) is 83.9 Å². The zero-order chi connectivity index (χ0) is 16.3. The van der Waals surface area contributed by atoms with E-state index in [0.717, 1.165) is 0 Å². The summed E-state index contributed by atoms with van der Waals surface area (Å²) in [5.41, 5.74) is -0.347. The van der Waals surface area contributed by atoms with Gasteiger partial charge in [0.05, 0.1) is 7.11 Å². The number of benzene rings is 2. The number of carboxylic acids is 1. The van der Waals surface area contributed by atoms with Gasteiger partial charge in [-0.3, -0.25) is 4.79 Å². The molecule has 3 aromatic rings. The number of aliphatic carboxylic acids is 1. The number of hydrogen-bond acceptors (Lipinski definition) is 3. The van der Waals surface area contributed by atoms with Gasteiger partial charge < -0.3 is 14.8 Å². The maximum atomic E-state index is 12.5. The standard InChI is InChI=1S/C18H16N2O3/c1-23-15-10-6-5-9-14(15)18(17(21)22,16-19-11-12-20-16)13-7-3-2-4-8-13/h2-12H,1H3,(H,19,20)(H,21,22). The first-order valence-electron chi connectivity index (χ1n) is 7.13. The number of nitrogens with one attached hydrogen (secondary N) is 1. The smallest absolute Gasteiger partial charge is 0.326 e. The SMILES string of the molecule is COc1ccccc1C(C(=O)O)(c1ccccc1)c1ncc[nH]1. The van der Waals surface area contributed by atoms with Gasteiger partial charge in [0.2, 0.25) is 0 Å². The van der Waals surface area contributed by atoms with Crippen molar-refractivity contribution in [1.29, 1.82) is 0 Å². The first-order valence-corrected chi connectivity index (χ1v) is 7.13. The number of imidazole rings is 1. The van der Waals surface area contributed by atoms with E-state index in [4.69, 9.17) is 4.74 Å². The fourth-order valence-electron chi connectivity index (χ4n) is 2.87. The fraction of sp³-hybridized carbons (Fsp3) is 0.111. The lowest BCUT2D eigenvalue weighted by molar-refractivity contribution is -0.140. The van der Waals surface area contributed by atoms with Crippen molar-refractivity contribution >= 4 is 5.97 Å². The molecule has 0 spiro atoms. The molecule has 0 amide bonds. The molecule has 0 aliphatic heterocycles. The van der Waals surface area contributed by atoms with Gasteiger partial charge >= 0.3 is 5.97 Å². The third-order valence-electron chi connectivity index (χ3n) is 3.89. The van der Waals surface area contributed by atoms with Gasteiger partial charge in [-0.1, -0.05) is 48.5 Å². The normalized spacial score (nSPS) is 13.3. The van der Waals surface area contributed by atoms with E-state index in [-0.39, 0.29) is 0 Å². The summed E-state index contributed by atoms with van der Waals surface area (Å²) in [4.78, 5) is 19.7. The predicted molar refractivity (Wildman–Crippen MR) is 85.5 cm³/mol. The van der Waals surface area contributed by atoms with E-state index in [1.807, 2.05) is 24.3 Å². The second-order valence-corrected chi connectivity index (χ2v) is 5.06. The van der Waals surface area contributed by atoms with Crippen molar-refractivity contribution in [1.82, 2.24) is 9.97 Å². The van der Waals surface area contributed by atoms with Crippen LogP contribution in [-0.2, 0) is 10.2 Å². The van der Waals surface area contributed by atoms with E-state index < -0.39 is 11.4 Å². The summed E-state index contributed by atoms with van der Waals surface area (Å²) in [5.74, 6) is -0.195. The summed E-state index contributed by atoms with van der Waals surface area (Å²) >= 11 is 0. The van der Waals surface area contributed by atoms with E-state index in [1.54, 1.807) is 42.7 Å². The van der Waals surface area contributed by atoms with Crippen molar-refractivity contribution in [2.24, 2.45) is 0 Å². The Morgan fingerprint density at radius 1 is 1.13 bits per heavy atom. The molecule has 1 aromatic heterocycles. The number of rotatable bonds is 5. The van der Waals surface area contributed by atoms with Crippen molar-refractivity contribution in [3.8, 4) is 5.75 Å². The highest BCUT2D eigenvalue weighted by molar-refractivity contribution is 5.90. The maximum Gasteiger partial charge on any atom is 0.326 e. The minimum atomic E-state index is -1.47. The number of aromatic amines is 1. The molecule has 2 N–H and O–H groups in total. The molecular weight excluding hydrogens is 292 g/mol. The second kappa shape index (κ2) is 5.96. The summed E-state index contributed by atoms with van der Waals surface area (Å²) in [5, 5.41) is 10.2. The molecule has 0 aliphatic carbocycles. The van der Waals surface area contributed by atoms with E-state index in [2.05, 4.69) is 9.97 Å².